The summed E-state index contributed by atoms with van der Waals surface area (Å²) in [4.78, 5) is 14.0. The SMILES string of the molecule is COc1cc(Cl)c(C(F)F)c(C=O)n1. The van der Waals surface area contributed by atoms with Crippen molar-refractivity contribution < 1.29 is 18.3 Å². The van der Waals surface area contributed by atoms with Crippen molar-refractivity contribution in [2.75, 3.05) is 7.11 Å². The molecule has 0 saturated heterocycles. The first kappa shape index (κ1) is 10.8. The molecular weight excluding hydrogens is 216 g/mol. The van der Waals surface area contributed by atoms with Crippen LogP contribution in [-0.4, -0.2) is 18.4 Å². The third kappa shape index (κ3) is 1.98. The molecular formula is C8H6ClF2NO2. The molecule has 0 spiro atoms. The Labute approximate surface area is 83.7 Å². The minimum absolute atomic E-state index is 0.0292. The summed E-state index contributed by atoms with van der Waals surface area (Å²) in [5, 5.41) is -0.228. The first-order chi connectivity index (χ1) is 6.60. The molecule has 0 aliphatic heterocycles. The van der Waals surface area contributed by atoms with E-state index in [4.69, 9.17) is 11.6 Å². The number of aromatic nitrogens is 1. The molecule has 0 unspecified atom stereocenters. The Morgan fingerprint density at radius 3 is 2.71 bits per heavy atom. The Hall–Kier alpha value is -1.23. The van der Waals surface area contributed by atoms with E-state index < -0.39 is 17.7 Å². The Morgan fingerprint density at radius 2 is 2.29 bits per heavy atom. The van der Waals surface area contributed by atoms with Crippen LogP contribution < -0.4 is 4.74 Å². The summed E-state index contributed by atoms with van der Waals surface area (Å²) in [7, 11) is 1.30. The molecule has 0 amide bonds. The number of ether oxygens (including phenoxy) is 1. The molecule has 0 fully saturated rings. The maximum Gasteiger partial charge on any atom is 0.267 e. The standard InChI is InChI=1S/C8H6ClF2NO2/c1-14-6-2-4(9)7(8(10)11)5(3-13)12-6/h2-3,8H,1H3. The second-order valence-electron chi connectivity index (χ2n) is 2.36. The van der Waals surface area contributed by atoms with E-state index in [2.05, 4.69) is 9.72 Å². The second kappa shape index (κ2) is 4.32. The Balaban J connectivity index is 3.34. The highest BCUT2D eigenvalue weighted by atomic mass is 35.5. The normalized spacial score (nSPS) is 10.4. The first-order valence-corrected chi connectivity index (χ1v) is 3.95. The van der Waals surface area contributed by atoms with Gasteiger partial charge in [0.15, 0.2) is 6.29 Å². The third-order valence-electron chi connectivity index (χ3n) is 1.55. The molecule has 0 bridgehead atoms. The number of alkyl halides is 2. The van der Waals surface area contributed by atoms with Gasteiger partial charge in [0, 0.05) is 6.07 Å². The molecule has 1 heterocycles. The van der Waals surface area contributed by atoms with Crippen LogP contribution in [0.2, 0.25) is 5.02 Å². The summed E-state index contributed by atoms with van der Waals surface area (Å²) in [5.41, 5.74) is -0.966. The van der Waals surface area contributed by atoms with Gasteiger partial charge in [0.25, 0.3) is 6.43 Å². The lowest BCUT2D eigenvalue weighted by Gasteiger charge is -2.07. The van der Waals surface area contributed by atoms with Crippen LogP contribution in [0.5, 0.6) is 5.88 Å². The Bertz CT molecular complexity index is 357. The molecule has 1 aromatic heterocycles. The molecule has 6 heteroatoms. The molecule has 0 aliphatic rings. The van der Waals surface area contributed by atoms with Gasteiger partial charge in [-0.05, 0) is 0 Å². The predicted octanol–water partition coefficient (Wildman–Crippen LogP) is 2.49. The fourth-order valence-electron chi connectivity index (χ4n) is 0.930. The number of carbonyl (C=O) groups excluding carboxylic acids is 1. The van der Waals surface area contributed by atoms with Crippen molar-refractivity contribution in [2.24, 2.45) is 0 Å². The summed E-state index contributed by atoms with van der Waals surface area (Å²) in [6, 6.07) is 1.13. The predicted molar refractivity (Wildman–Crippen MR) is 46.1 cm³/mol. The smallest absolute Gasteiger partial charge is 0.267 e. The fourth-order valence-corrected chi connectivity index (χ4v) is 1.20. The van der Waals surface area contributed by atoms with Gasteiger partial charge in [-0.25, -0.2) is 13.8 Å². The van der Waals surface area contributed by atoms with E-state index in [0.717, 1.165) is 6.07 Å². The maximum absolute atomic E-state index is 12.4. The van der Waals surface area contributed by atoms with Gasteiger partial charge in [-0.3, -0.25) is 4.79 Å². The highest BCUT2D eigenvalue weighted by Gasteiger charge is 2.19. The summed E-state index contributed by atoms with van der Waals surface area (Å²) in [5.74, 6) is 0.0292. The highest BCUT2D eigenvalue weighted by Crippen LogP contribution is 2.30. The van der Waals surface area contributed by atoms with Gasteiger partial charge in [0.05, 0.1) is 17.7 Å². The van der Waals surface area contributed by atoms with Gasteiger partial charge in [0.1, 0.15) is 5.69 Å². The zero-order valence-corrected chi connectivity index (χ0v) is 7.89. The van der Waals surface area contributed by atoms with E-state index in [1.54, 1.807) is 0 Å². The molecule has 76 valence electrons. The average Bonchev–Trinajstić information content (AvgIpc) is 2.15. The number of pyridine rings is 1. The van der Waals surface area contributed by atoms with Crippen LogP contribution in [-0.2, 0) is 0 Å². The van der Waals surface area contributed by atoms with E-state index in [1.165, 1.54) is 7.11 Å². The Kier molecular flexibility index (Phi) is 3.35. The van der Waals surface area contributed by atoms with Crippen LogP contribution in [0.1, 0.15) is 22.5 Å². The zero-order valence-electron chi connectivity index (χ0n) is 7.13. The van der Waals surface area contributed by atoms with Crippen molar-refractivity contribution in [1.29, 1.82) is 0 Å². The van der Waals surface area contributed by atoms with Gasteiger partial charge >= 0.3 is 0 Å². The van der Waals surface area contributed by atoms with Crippen LogP contribution >= 0.6 is 11.6 Å². The average molecular weight is 222 g/mol. The molecule has 3 nitrogen and oxygen atoms in total. The quantitative estimate of drug-likeness (QED) is 0.736. The first-order valence-electron chi connectivity index (χ1n) is 3.58. The molecule has 1 rings (SSSR count). The summed E-state index contributed by atoms with van der Waals surface area (Å²) in [6.07, 6.45) is -2.61. The number of methoxy groups -OCH3 is 1. The van der Waals surface area contributed by atoms with Gasteiger partial charge in [-0.2, -0.15) is 0 Å². The summed E-state index contributed by atoms with van der Waals surface area (Å²) in [6.45, 7) is 0. The molecule has 0 saturated carbocycles. The number of halogens is 3. The number of hydrogen-bond acceptors (Lipinski definition) is 3. The summed E-state index contributed by atoms with van der Waals surface area (Å²) < 4.78 is 29.4. The fraction of sp³-hybridized carbons (Fsp3) is 0.250. The second-order valence-corrected chi connectivity index (χ2v) is 2.77. The number of aldehydes is 1. The minimum atomic E-state index is -2.83. The monoisotopic (exact) mass is 221 g/mol. The molecule has 0 radical (unpaired) electrons. The number of rotatable bonds is 3. The maximum atomic E-state index is 12.4. The number of carbonyl (C=O) groups is 1. The molecule has 14 heavy (non-hydrogen) atoms. The van der Waals surface area contributed by atoms with E-state index in [1.807, 2.05) is 0 Å². The largest absolute Gasteiger partial charge is 0.481 e. The van der Waals surface area contributed by atoms with E-state index in [-0.39, 0.29) is 17.2 Å². The lowest BCUT2D eigenvalue weighted by Crippen LogP contribution is -2.00. The zero-order chi connectivity index (χ0) is 10.7. The van der Waals surface area contributed by atoms with Crippen LogP contribution in [0.3, 0.4) is 0 Å². The van der Waals surface area contributed by atoms with Gasteiger partial charge in [0.2, 0.25) is 5.88 Å². The number of nitrogens with zero attached hydrogens (tertiary/aromatic N) is 1. The van der Waals surface area contributed by atoms with Crippen molar-refractivity contribution in [3.05, 3.63) is 22.3 Å². The van der Waals surface area contributed by atoms with Gasteiger partial charge in [-0.15, -0.1) is 0 Å². The van der Waals surface area contributed by atoms with Crippen LogP contribution in [0, 0.1) is 0 Å². The van der Waals surface area contributed by atoms with Gasteiger partial charge in [-0.1, -0.05) is 11.6 Å². The van der Waals surface area contributed by atoms with Crippen molar-refractivity contribution in [3.8, 4) is 5.88 Å². The number of hydrogen-bond donors (Lipinski definition) is 0. The van der Waals surface area contributed by atoms with Crippen LogP contribution in [0.25, 0.3) is 0 Å². The lowest BCUT2D eigenvalue weighted by molar-refractivity contribution is 0.110. The molecule has 0 aliphatic carbocycles. The topological polar surface area (TPSA) is 39.2 Å². The van der Waals surface area contributed by atoms with Crippen molar-refractivity contribution in [3.63, 3.8) is 0 Å². The minimum Gasteiger partial charge on any atom is -0.481 e. The highest BCUT2D eigenvalue weighted by molar-refractivity contribution is 6.31. The van der Waals surface area contributed by atoms with Gasteiger partial charge < -0.3 is 4.74 Å². The van der Waals surface area contributed by atoms with Crippen molar-refractivity contribution in [1.82, 2.24) is 4.98 Å². The lowest BCUT2D eigenvalue weighted by atomic mass is 10.2. The molecule has 1 aromatic rings. The molecule has 0 N–H and O–H groups in total. The summed E-state index contributed by atoms with van der Waals surface area (Å²) >= 11 is 5.53. The third-order valence-corrected chi connectivity index (χ3v) is 1.87. The van der Waals surface area contributed by atoms with Crippen LogP contribution in [0.15, 0.2) is 6.07 Å². The van der Waals surface area contributed by atoms with Crippen LogP contribution in [0.4, 0.5) is 8.78 Å². The van der Waals surface area contributed by atoms with E-state index >= 15 is 0 Å². The van der Waals surface area contributed by atoms with E-state index in [0.29, 0.717) is 0 Å². The van der Waals surface area contributed by atoms with E-state index in [9.17, 15) is 13.6 Å². The Morgan fingerprint density at radius 1 is 1.64 bits per heavy atom. The molecule has 0 aromatic carbocycles. The molecule has 0 atom stereocenters. The van der Waals surface area contributed by atoms with Crippen molar-refractivity contribution >= 4 is 17.9 Å². The van der Waals surface area contributed by atoms with Crippen molar-refractivity contribution in [2.45, 2.75) is 6.43 Å².